The van der Waals surface area contributed by atoms with Crippen molar-refractivity contribution in [1.29, 1.82) is 0 Å². The van der Waals surface area contributed by atoms with Crippen molar-refractivity contribution in [3.05, 3.63) is 24.3 Å². The van der Waals surface area contributed by atoms with E-state index in [1.807, 2.05) is 6.92 Å². The molecule has 0 aliphatic carbocycles. The molecule has 0 saturated heterocycles. The van der Waals surface area contributed by atoms with Crippen molar-refractivity contribution in [3.63, 3.8) is 0 Å². The van der Waals surface area contributed by atoms with E-state index in [1.54, 1.807) is 31.4 Å². The van der Waals surface area contributed by atoms with Gasteiger partial charge >= 0.3 is 6.03 Å². The summed E-state index contributed by atoms with van der Waals surface area (Å²) in [5.74, 6) is 0.751. The first-order chi connectivity index (χ1) is 7.65. The van der Waals surface area contributed by atoms with Crippen LogP contribution in [0.4, 0.5) is 10.5 Å². The molecule has 0 aliphatic heterocycles. The van der Waals surface area contributed by atoms with Crippen LogP contribution in [-0.2, 0) is 0 Å². The Morgan fingerprint density at radius 2 is 2.06 bits per heavy atom. The van der Waals surface area contributed by atoms with E-state index in [4.69, 9.17) is 10.5 Å². The topological polar surface area (TPSA) is 76.4 Å². The fraction of sp³-hybridized carbons (Fsp3) is 0.364. The monoisotopic (exact) mass is 223 g/mol. The molecule has 0 spiro atoms. The zero-order chi connectivity index (χ0) is 12.0. The number of nitrogens with one attached hydrogen (secondary N) is 2. The van der Waals surface area contributed by atoms with Gasteiger partial charge in [0, 0.05) is 18.3 Å². The molecule has 0 radical (unpaired) electrons. The van der Waals surface area contributed by atoms with Gasteiger partial charge in [-0.05, 0) is 31.2 Å². The van der Waals surface area contributed by atoms with Crippen LogP contribution in [0.25, 0.3) is 0 Å². The van der Waals surface area contributed by atoms with Crippen LogP contribution in [0.15, 0.2) is 24.3 Å². The van der Waals surface area contributed by atoms with Crippen LogP contribution >= 0.6 is 0 Å². The summed E-state index contributed by atoms with van der Waals surface area (Å²) in [5, 5.41) is 5.40. The van der Waals surface area contributed by atoms with E-state index < -0.39 is 0 Å². The molecule has 16 heavy (non-hydrogen) atoms. The minimum absolute atomic E-state index is 0.0433. The number of hydrogen-bond donors (Lipinski definition) is 3. The van der Waals surface area contributed by atoms with E-state index in [-0.39, 0.29) is 12.1 Å². The van der Waals surface area contributed by atoms with Crippen LogP contribution in [0, 0.1) is 0 Å². The van der Waals surface area contributed by atoms with Crippen molar-refractivity contribution < 1.29 is 9.53 Å². The van der Waals surface area contributed by atoms with Gasteiger partial charge in [0.25, 0.3) is 0 Å². The third-order valence-corrected chi connectivity index (χ3v) is 2.08. The highest BCUT2D eigenvalue weighted by Crippen LogP contribution is 2.14. The van der Waals surface area contributed by atoms with Crippen molar-refractivity contribution in [2.24, 2.45) is 5.73 Å². The summed E-state index contributed by atoms with van der Waals surface area (Å²) < 4.78 is 5.01. The second-order valence-corrected chi connectivity index (χ2v) is 3.46. The van der Waals surface area contributed by atoms with Crippen molar-refractivity contribution in [2.45, 2.75) is 13.0 Å². The van der Waals surface area contributed by atoms with Crippen LogP contribution in [-0.4, -0.2) is 25.7 Å². The van der Waals surface area contributed by atoms with Crippen LogP contribution < -0.4 is 21.1 Å². The Bertz CT molecular complexity index is 338. The standard InChI is InChI=1S/C11H17N3O2/c1-8(7-12)13-11(15)14-9-3-5-10(16-2)6-4-9/h3-6,8H,7,12H2,1-2H3,(H2,13,14,15). The van der Waals surface area contributed by atoms with Crippen LogP contribution in [0.2, 0.25) is 0 Å². The summed E-state index contributed by atoms with van der Waals surface area (Å²) in [4.78, 5) is 11.4. The van der Waals surface area contributed by atoms with Gasteiger partial charge in [-0.1, -0.05) is 0 Å². The van der Waals surface area contributed by atoms with E-state index in [1.165, 1.54) is 0 Å². The second-order valence-electron chi connectivity index (χ2n) is 3.46. The molecule has 0 bridgehead atoms. The van der Waals surface area contributed by atoms with Gasteiger partial charge in [-0.15, -0.1) is 0 Å². The smallest absolute Gasteiger partial charge is 0.319 e. The maximum Gasteiger partial charge on any atom is 0.319 e. The summed E-state index contributed by atoms with van der Waals surface area (Å²) in [7, 11) is 1.60. The molecule has 1 atom stereocenters. The minimum Gasteiger partial charge on any atom is -0.497 e. The Kier molecular flexibility index (Phi) is 4.60. The van der Waals surface area contributed by atoms with Gasteiger partial charge in [0.1, 0.15) is 5.75 Å². The summed E-state index contributed by atoms with van der Waals surface area (Å²) in [6.45, 7) is 2.25. The number of ether oxygens (including phenoxy) is 1. The van der Waals surface area contributed by atoms with Crippen molar-refractivity contribution in [3.8, 4) is 5.75 Å². The lowest BCUT2D eigenvalue weighted by atomic mass is 10.3. The molecule has 0 saturated carbocycles. The zero-order valence-electron chi connectivity index (χ0n) is 9.49. The van der Waals surface area contributed by atoms with Crippen molar-refractivity contribution in [2.75, 3.05) is 19.0 Å². The van der Waals surface area contributed by atoms with Gasteiger partial charge in [0.05, 0.1) is 7.11 Å². The van der Waals surface area contributed by atoms with Crippen LogP contribution in [0.5, 0.6) is 5.75 Å². The van der Waals surface area contributed by atoms with Crippen LogP contribution in [0.1, 0.15) is 6.92 Å². The molecule has 4 N–H and O–H groups in total. The molecule has 1 unspecified atom stereocenters. The van der Waals surface area contributed by atoms with Crippen molar-refractivity contribution in [1.82, 2.24) is 5.32 Å². The highest BCUT2D eigenvalue weighted by atomic mass is 16.5. The average Bonchev–Trinajstić information content (AvgIpc) is 2.29. The summed E-state index contributed by atoms with van der Waals surface area (Å²) >= 11 is 0. The number of methoxy groups -OCH3 is 1. The zero-order valence-corrected chi connectivity index (χ0v) is 9.49. The SMILES string of the molecule is COc1ccc(NC(=O)NC(C)CN)cc1. The first-order valence-corrected chi connectivity index (χ1v) is 5.07. The lowest BCUT2D eigenvalue weighted by Crippen LogP contribution is -2.40. The van der Waals surface area contributed by atoms with Crippen molar-refractivity contribution >= 4 is 11.7 Å². The van der Waals surface area contributed by atoms with Gasteiger partial charge in [0.2, 0.25) is 0 Å². The lowest BCUT2D eigenvalue weighted by Gasteiger charge is -2.12. The Hall–Kier alpha value is -1.75. The molecule has 5 heteroatoms. The normalized spacial score (nSPS) is 11.7. The highest BCUT2D eigenvalue weighted by molar-refractivity contribution is 5.89. The first kappa shape index (κ1) is 12.3. The number of anilines is 1. The number of carbonyl (C=O) groups excluding carboxylic acids is 1. The number of hydrogen-bond acceptors (Lipinski definition) is 3. The Morgan fingerprint density at radius 3 is 2.56 bits per heavy atom. The van der Waals surface area contributed by atoms with Gasteiger partial charge < -0.3 is 21.1 Å². The molecule has 0 aromatic heterocycles. The Balaban J connectivity index is 2.49. The predicted octanol–water partition coefficient (Wildman–Crippen LogP) is 1.16. The minimum atomic E-state index is -0.261. The van der Waals surface area contributed by atoms with E-state index in [0.717, 1.165) is 5.75 Å². The maximum absolute atomic E-state index is 11.4. The predicted molar refractivity (Wildman–Crippen MR) is 63.7 cm³/mol. The van der Waals surface area contributed by atoms with Gasteiger partial charge in [-0.25, -0.2) is 4.79 Å². The molecule has 1 aromatic carbocycles. The average molecular weight is 223 g/mol. The van der Waals surface area contributed by atoms with E-state index in [0.29, 0.717) is 12.2 Å². The van der Waals surface area contributed by atoms with Gasteiger partial charge in [-0.3, -0.25) is 0 Å². The molecule has 1 rings (SSSR count). The molecule has 1 aromatic rings. The molecule has 88 valence electrons. The molecule has 0 heterocycles. The van der Waals surface area contributed by atoms with Crippen LogP contribution in [0.3, 0.4) is 0 Å². The number of carbonyl (C=O) groups is 1. The fourth-order valence-electron chi connectivity index (χ4n) is 1.12. The maximum atomic E-state index is 11.4. The Labute approximate surface area is 95.0 Å². The third-order valence-electron chi connectivity index (χ3n) is 2.08. The van der Waals surface area contributed by atoms with E-state index in [2.05, 4.69) is 10.6 Å². The second kappa shape index (κ2) is 5.97. The highest BCUT2D eigenvalue weighted by Gasteiger charge is 2.05. The number of benzene rings is 1. The van der Waals surface area contributed by atoms with Gasteiger partial charge in [0.15, 0.2) is 0 Å². The molecule has 0 fully saturated rings. The summed E-state index contributed by atoms with van der Waals surface area (Å²) in [6, 6.07) is 6.79. The van der Waals surface area contributed by atoms with E-state index >= 15 is 0 Å². The lowest BCUT2D eigenvalue weighted by molar-refractivity contribution is 0.249. The molecule has 5 nitrogen and oxygen atoms in total. The van der Waals surface area contributed by atoms with E-state index in [9.17, 15) is 4.79 Å². The third kappa shape index (κ3) is 3.78. The molecular weight excluding hydrogens is 206 g/mol. The van der Waals surface area contributed by atoms with Gasteiger partial charge in [-0.2, -0.15) is 0 Å². The summed E-state index contributed by atoms with van der Waals surface area (Å²) in [6.07, 6.45) is 0. The first-order valence-electron chi connectivity index (χ1n) is 5.07. The molecule has 2 amide bonds. The summed E-state index contributed by atoms with van der Waals surface area (Å²) in [5.41, 5.74) is 6.10. The molecule has 0 aliphatic rings. The number of urea groups is 1. The number of nitrogens with two attached hydrogens (primary N) is 1. The molecular formula is C11H17N3O2. The Morgan fingerprint density at radius 1 is 1.44 bits per heavy atom. The fourth-order valence-corrected chi connectivity index (χ4v) is 1.12. The largest absolute Gasteiger partial charge is 0.497 e. The quantitative estimate of drug-likeness (QED) is 0.717. The number of rotatable bonds is 4. The number of amides is 2.